The number of nitrogens with one attached hydrogen (secondary N) is 2. The zero-order chi connectivity index (χ0) is 21.6. The average Bonchev–Trinajstić information content (AvgIpc) is 3.37. The van der Waals surface area contributed by atoms with Crippen molar-refractivity contribution in [3.8, 4) is 11.1 Å². The van der Waals surface area contributed by atoms with Crippen molar-refractivity contribution in [3.05, 3.63) is 72.4 Å². The molecule has 0 spiro atoms. The maximum absolute atomic E-state index is 13.0. The van der Waals surface area contributed by atoms with Gasteiger partial charge in [0.15, 0.2) is 0 Å². The predicted molar refractivity (Wildman–Crippen MR) is 122 cm³/mol. The lowest BCUT2D eigenvalue weighted by Crippen LogP contribution is -2.42. The zero-order valence-electron chi connectivity index (χ0n) is 18.0. The SMILES string of the molecule is COCCN1CC(NC(=O)Nc2c(-c3ccccc3)cnn2C)C(c2ccccc2)C1. The topological polar surface area (TPSA) is 71.4 Å². The summed E-state index contributed by atoms with van der Waals surface area (Å²) in [4.78, 5) is 15.3. The third kappa shape index (κ3) is 4.95. The summed E-state index contributed by atoms with van der Waals surface area (Å²) in [6.07, 6.45) is 1.78. The van der Waals surface area contributed by atoms with E-state index in [9.17, 15) is 4.79 Å². The van der Waals surface area contributed by atoms with Crippen molar-refractivity contribution in [2.24, 2.45) is 7.05 Å². The summed E-state index contributed by atoms with van der Waals surface area (Å²) in [5.74, 6) is 0.901. The number of nitrogens with zero attached hydrogens (tertiary/aromatic N) is 3. The fraction of sp³-hybridized carbons (Fsp3) is 0.333. The van der Waals surface area contributed by atoms with Crippen LogP contribution in [-0.2, 0) is 11.8 Å². The van der Waals surface area contributed by atoms with Crippen LogP contribution in [-0.4, -0.2) is 60.1 Å². The number of urea groups is 1. The molecule has 4 rings (SSSR count). The van der Waals surface area contributed by atoms with Crippen LogP contribution in [0.4, 0.5) is 10.6 Å². The lowest BCUT2D eigenvalue weighted by Gasteiger charge is -2.21. The highest BCUT2D eigenvalue weighted by molar-refractivity contribution is 5.93. The molecule has 7 heteroatoms. The van der Waals surface area contributed by atoms with E-state index in [-0.39, 0.29) is 18.0 Å². The summed E-state index contributed by atoms with van der Waals surface area (Å²) >= 11 is 0. The summed E-state index contributed by atoms with van der Waals surface area (Å²) in [6.45, 7) is 3.20. The number of ether oxygens (including phenoxy) is 1. The second-order valence-electron chi connectivity index (χ2n) is 7.87. The second-order valence-corrected chi connectivity index (χ2v) is 7.87. The van der Waals surface area contributed by atoms with Gasteiger partial charge in [0.1, 0.15) is 5.82 Å². The lowest BCUT2D eigenvalue weighted by molar-refractivity contribution is 0.159. The van der Waals surface area contributed by atoms with Crippen molar-refractivity contribution in [2.75, 3.05) is 38.7 Å². The van der Waals surface area contributed by atoms with Crippen LogP contribution in [0.1, 0.15) is 11.5 Å². The van der Waals surface area contributed by atoms with Crippen LogP contribution < -0.4 is 10.6 Å². The molecule has 2 amide bonds. The van der Waals surface area contributed by atoms with Gasteiger partial charge in [-0.2, -0.15) is 5.10 Å². The molecule has 1 aromatic heterocycles. The summed E-state index contributed by atoms with van der Waals surface area (Å²) in [5.41, 5.74) is 3.14. The number of rotatable bonds is 7. The Labute approximate surface area is 183 Å². The molecule has 2 heterocycles. The average molecular weight is 420 g/mol. The second kappa shape index (κ2) is 9.76. The van der Waals surface area contributed by atoms with E-state index in [1.807, 2.05) is 55.6 Å². The number of carbonyl (C=O) groups excluding carboxylic acids is 1. The Morgan fingerprint density at radius 1 is 1.10 bits per heavy atom. The van der Waals surface area contributed by atoms with Crippen molar-refractivity contribution in [3.63, 3.8) is 0 Å². The quantitative estimate of drug-likeness (QED) is 0.616. The first kappa shape index (κ1) is 21.1. The van der Waals surface area contributed by atoms with Gasteiger partial charge in [0.05, 0.1) is 18.8 Å². The van der Waals surface area contributed by atoms with Gasteiger partial charge in [0.2, 0.25) is 0 Å². The van der Waals surface area contributed by atoms with Gasteiger partial charge in [-0.1, -0.05) is 60.7 Å². The Balaban J connectivity index is 1.49. The van der Waals surface area contributed by atoms with Crippen molar-refractivity contribution < 1.29 is 9.53 Å². The Hall–Kier alpha value is -3.16. The van der Waals surface area contributed by atoms with E-state index >= 15 is 0 Å². The molecule has 2 atom stereocenters. The summed E-state index contributed by atoms with van der Waals surface area (Å²) in [6, 6.07) is 20.1. The smallest absolute Gasteiger partial charge is 0.320 e. The molecule has 1 saturated heterocycles. The molecule has 2 unspecified atom stereocenters. The molecular weight excluding hydrogens is 390 g/mol. The number of benzene rings is 2. The summed E-state index contributed by atoms with van der Waals surface area (Å²) in [5, 5.41) is 10.6. The summed E-state index contributed by atoms with van der Waals surface area (Å²) < 4.78 is 6.94. The first-order valence-electron chi connectivity index (χ1n) is 10.6. The molecule has 1 fully saturated rings. The van der Waals surface area contributed by atoms with Crippen LogP contribution in [0, 0.1) is 0 Å². The van der Waals surface area contributed by atoms with E-state index in [0.717, 1.165) is 30.8 Å². The van der Waals surface area contributed by atoms with Crippen molar-refractivity contribution in [2.45, 2.75) is 12.0 Å². The first-order chi connectivity index (χ1) is 15.2. The van der Waals surface area contributed by atoms with Gasteiger partial charge in [0.25, 0.3) is 0 Å². The van der Waals surface area contributed by atoms with E-state index in [2.05, 4.69) is 32.8 Å². The number of hydrogen-bond donors (Lipinski definition) is 2. The fourth-order valence-electron chi connectivity index (χ4n) is 4.20. The molecule has 1 aliphatic heterocycles. The van der Waals surface area contributed by atoms with Crippen LogP contribution in [0.25, 0.3) is 11.1 Å². The van der Waals surface area contributed by atoms with Gasteiger partial charge in [-0.25, -0.2) is 4.79 Å². The Kier molecular flexibility index (Phi) is 6.64. The third-order valence-corrected chi connectivity index (χ3v) is 5.81. The van der Waals surface area contributed by atoms with E-state index in [1.54, 1.807) is 18.0 Å². The van der Waals surface area contributed by atoms with Crippen molar-refractivity contribution in [1.29, 1.82) is 0 Å². The number of aromatic nitrogens is 2. The Morgan fingerprint density at radius 3 is 2.52 bits per heavy atom. The van der Waals surface area contributed by atoms with Crippen LogP contribution in [0.2, 0.25) is 0 Å². The molecule has 2 aromatic carbocycles. The molecule has 31 heavy (non-hydrogen) atoms. The standard InChI is InChI=1S/C24H29N5O2/c1-28-23(20(15-25-28)18-9-5-3-6-10-18)27-24(30)26-22-17-29(13-14-31-2)16-21(22)19-11-7-4-8-12-19/h3-12,15,21-22H,13-14,16-17H2,1-2H3,(H2,26,27,30). The number of anilines is 1. The van der Waals surface area contributed by atoms with Gasteiger partial charge < -0.3 is 10.1 Å². The number of aryl methyl sites for hydroxylation is 1. The number of carbonyl (C=O) groups is 1. The lowest BCUT2D eigenvalue weighted by atomic mass is 9.94. The van der Waals surface area contributed by atoms with Gasteiger partial charge in [-0.15, -0.1) is 0 Å². The number of hydrogen-bond acceptors (Lipinski definition) is 4. The molecule has 2 N–H and O–H groups in total. The minimum Gasteiger partial charge on any atom is -0.383 e. The molecule has 0 bridgehead atoms. The minimum absolute atomic E-state index is 0.00709. The van der Waals surface area contributed by atoms with E-state index in [0.29, 0.717) is 12.4 Å². The summed E-state index contributed by atoms with van der Waals surface area (Å²) in [7, 11) is 3.54. The minimum atomic E-state index is -0.222. The third-order valence-electron chi connectivity index (χ3n) is 5.81. The molecule has 7 nitrogen and oxygen atoms in total. The Morgan fingerprint density at radius 2 is 1.81 bits per heavy atom. The molecule has 0 aliphatic carbocycles. The Bertz CT molecular complexity index is 990. The monoisotopic (exact) mass is 419 g/mol. The highest BCUT2D eigenvalue weighted by atomic mass is 16.5. The highest BCUT2D eigenvalue weighted by Crippen LogP contribution is 2.29. The van der Waals surface area contributed by atoms with Gasteiger partial charge in [-0.05, 0) is 11.1 Å². The predicted octanol–water partition coefficient (Wildman–Crippen LogP) is 3.32. The van der Waals surface area contributed by atoms with Crippen LogP contribution in [0.3, 0.4) is 0 Å². The molecule has 3 aromatic rings. The molecule has 0 saturated carbocycles. The van der Waals surface area contributed by atoms with Gasteiger partial charge in [-0.3, -0.25) is 14.9 Å². The molecule has 162 valence electrons. The number of amides is 2. The largest absolute Gasteiger partial charge is 0.383 e. The van der Waals surface area contributed by atoms with Crippen molar-refractivity contribution in [1.82, 2.24) is 20.0 Å². The number of methoxy groups -OCH3 is 1. The van der Waals surface area contributed by atoms with E-state index in [1.165, 1.54) is 5.56 Å². The van der Waals surface area contributed by atoms with Crippen LogP contribution >= 0.6 is 0 Å². The first-order valence-corrected chi connectivity index (χ1v) is 10.6. The molecule has 1 aliphatic rings. The van der Waals surface area contributed by atoms with Crippen molar-refractivity contribution >= 4 is 11.8 Å². The normalized spacial score (nSPS) is 18.8. The van der Waals surface area contributed by atoms with Gasteiger partial charge in [0, 0.05) is 45.3 Å². The maximum atomic E-state index is 13.0. The van der Waals surface area contributed by atoms with E-state index in [4.69, 9.17) is 4.74 Å². The fourth-order valence-corrected chi connectivity index (χ4v) is 4.20. The number of likely N-dealkylation sites (tertiary alicyclic amines) is 1. The molecular formula is C24H29N5O2. The highest BCUT2D eigenvalue weighted by Gasteiger charge is 2.34. The van der Waals surface area contributed by atoms with Gasteiger partial charge >= 0.3 is 6.03 Å². The zero-order valence-corrected chi connectivity index (χ0v) is 18.0. The maximum Gasteiger partial charge on any atom is 0.320 e. The van der Waals surface area contributed by atoms with Crippen LogP contribution in [0.5, 0.6) is 0 Å². The van der Waals surface area contributed by atoms with Crippen LogP contribution in [0.15, 0.2) is 66.9 Å². The molecule has 0 radical (unpaired) electrons. The van der Waals surface area contributed by atoms with E-state index < -0.39 is 0 Å².